The maximum absolute atomic E-state index is 8.88. The third kappa shape index (κ3) is 4.40. The Morgan fingerprint density at radius 2 is 2.07 bits per heavy atom. The molecular formula is C11H24N2O. The van der Waals surface area contributed by atoms with E-state index in [1.165, 1.54) is 19.3 Å². The average Bonchev–Trinajstić information content (AvgIpc) is 2.85. The zero-order valence-corrected chi connectivity index (χ0v) is 9.55. The Kier molecular flexibility index (Phi) is 4.85. The third-order valence-electron chi connectivity index (χ3n) is 3.06. The molecule has 1 aliphatic rings. The Morgan fingerprint density at radius 1 is 1.36 bits per heavy atom. The van der Waals surface area contributed by atoms with E-state index in [0.29, 0.717) is 12.0 Å². The molecule has 0 bridgehead atoms. The van der Waals surface area contributed by atoms with Crippen LogP contribution in [0.25, 0.3) is 0 Å². The predicted octanol–water partition coefficient (Wildman–Crippen LogP) is 0.690. The van der Waals surface area contributed by atoms with Gasteiger partial charge in [-0.1, -0.05) is 0 Å². The molecular weight excluding hydrogens is 176 g/mol. The van der Waals surface area contributed by atoms with Crippen molar-refractivity contribution in [3.05, 3.63) is 0 Å². The molecule has 1 saturated carbocycles. The molecule has 1 aliphatic carbocycles. The molecule has 0 aliphatic heterocycles. The second-order valence-electron chi connectivity index (χ2n) is 4.81. The normalized spacial score (nSPS) is 18.9. The van der Waals surface area contributed by atoms with Crippen molar-refractivity contribution in [2.45, 2.75) is 25.7 Å². The lowest BCUT2D eigenvalue weighted by Gasteiger charge is -2.15. The van der Waals surface area contributed by atoms with E-state index in [0.717, 1.165) is 26.1 Å². The fraction of sp³-hybridized carbons (Fsp3) is 1.00. The van der Waals surface area contributed by atoms with Gasteiger partial charge in [0.25, 0.3) is 0 Å². The van der Waals surface area contributed by atoms with Crippen LogP contribution in [0.4, 0.5) is 0 Å². The molecule has 0 aromatic rings. The number of nitrogens with zero attached hydrogens (tertiary/aromatic N) is 1. The molecule has 0 aromatic carbocycles. The first-order valence-corrected chi connectivity index (χ1v) is 5.65. The minimum absolute atomic E-state index is 0.347. The van der Waals surface area contributed by atoms with Crippen LogP contribution >= 0.6 is 0 Å². The maximum atomic E-state index is 8.88. The minimum Gasteiger partial charge on any atom is -0.396 e. The molecule has 0 radical (unpaired) electrons. The Balaban J connectivity index is 1.93. The molecule has 84 valence electrons. The molecule has 0 heterocycles. The van der Waals surface area contributed by atoms with E-state index in [9.17, 15) is 0 Å². The van der Waals surface area contributed by atoms with E-state index in [2.05, 4.69) is 24.3 Å². The lowest BCUT2D eigenvalue weighted by Crippen LogP contribution is -2.27. The van der Waals surface area contributed by atoms with Crippen molar-refractivity contribution in [1.29, 1.82) is 0 Å². The average molecular weight is 200 g/mol. The van der Waals surface area contributed by atoms with Crippen molar-refractivity contribution < 1.29 is 5.11 Å². The Hall–Kier alpha value is -0.120. The highest BCUT2D eigenvalue weighted by Gasteiger charge is 2.40. The first kappa shape index (κ1) is 12.0. The van der Waals surface area contributed by atoms with Gasteiger partial charge in [0.15, 0.2) is 0 Å². The number of hydrogen-bond donors (Lipinski definition) is 2. The standard InChI is InChI=1S/C11H24N2O/c1-13(2)8-3-7-12-10-11(4-5-11)6-9-14/h12,14H,3-10H2,1-2H3. The molecule has 0 atom stereocenters. The lowest BCUT2D eigenvalue weighted by atomic mass is 10.0. The smallest absolute Gasteiger partial charge is 0.0436 e. The van der Waals surface area contributed by atoms with E-state index in [1.54, 1.807) is 0 Å². The Labute approximate surface area is 87.5 Å². The van der Waals surface area contributed by atoms with Gasteiger partial charge in [0.2, 0.25) is 0 Å². The molecule has 0 unspecified atom stereocenters. The molecule has 2 N–H and O–H groups in total. The van der Waals surface area contributed by atoms with E-state index in [4.69, 9.17) is 5.11 Å². The Bertz CT molecular complexity index is 155. The van der Waals surface area contributed by atoms with Gasteiger partial charge in [-0.15, -0.1) is 0 Å². The van der Waals surface area contributed by atoms with Crippen molar-refractivity contribution in [2.75, 3.05) is 40.3 Å². The summed E-state index contributed by atoms with van der Waals surface area (Å²) in [5, 5.41) is 12.4. The molecule has 0 spiro atoms. The highest BCUT2D eigenvalue weighted by atomic mass is 16.3. The van der Waals surface area contributed by atoms with Crippen molar-refractivity contribution in [2.24, 2.45) is 5.41 Å². The van der Waals surface area contributed by atoms with Gasteiger partial charge >= 0.3 is 0 Å². The summed E-state index contributed by atoms with van der Waals surface area (Å²) in [5.41, 5.74) is 0.465. The SMILES string of the molecule is CN(C)CCCNCC1(CCO)CC1. The zero-order valence-electron chi connectivity index (χ0n) is 9.55. The largest absolute Gasteiger partial charge is 0.396 e. The summed E-state index contributed by atoms with van der Waals surface area (Å²) in [6.45, 7) is 3.70. The zero-order chi connectivity index (χ0) is 10.4. The number of nitrogens with one attached hydrogen (secondary N) is 1. The van der Waals surface area contributed by atoms with Gasteiger partial charge in [0, 0.05) is 13.2 Å². The van der Waals surface area contributed by atoms with Gasteiger partial charge in [0.05, 0.1) is 0 Å². The van der Waals surface area contributed by atoms with Crippen molar-refractivity contribution in [3.8, 4) is 0 Å². The van der Waals surface area contributed by atoms with Crippen molar-refractivity contribution in [3.63, 3.8) is 0 Å². The first-order chi connectivity index (χ1) is 6.68. The van der Waals surface area contributed by atoms with E-state index >= 15 is 0 Å². The minimum atomic E-state index is 0.347. The molecule has 0 aromatic heterocycles. The monoisotopic (exact) mass is 200 g/mol. The van der Waals surface area contributed by atoms with Crippen LogP contribution in [0.15, 0.2) is 0 Å². The van der Waals surface area contributed by atoms with Gasteiger partial charge < -0.3 is 15.3 Å². The highest BCUT2D eigenvalue weighted by Crippen LogP contribution is 2.47. The van der Waals surface area contributed by atoms with E-state index in [-0.39, 0.29) is 0 Å². The molecule has 0 saturated heterocycles. The first-order valence-electron chi connectivity index (χ1n) is 5.65. The molecule has 3 nitrogen and oxygen atoms in total. The van der Waals surface area contributed by atoms with Gasteiger partial charge in [-0.3, -0.25) is 0 Å². The summed E-state index contributed by atoms with van der Waals surface area (Å²) in [4.78, 5) is 2.21. The quantitative estimate of drug-likeness (QED) is 0.566. The van der Waals surface area contributed by atoms with E-state index in [1.807, 2.05) is 0 Å². The number of aliphatic hydroxyl groups is 1. The van der Waals surface area contributed by atoms with Crippen molar-refractivity contribution in [1.82, 2.24) is 10.2 Å². The second-order valence-corrected chi connectivity index (χ2v) is 4.81. The fourth-order valence-corrected chi connectivity index (χ4v) is 1.80. The molecule has 14 heavy (non-hydrogen) atoms. The van der Waals surface area contributed by atoms with Crippen LogP contribution in [0, 0.1) is 5.41 Å². The summed E-state index contributed by atoms with van der Waals surface area (Å²) in [6.07, 6.45) is 4.79. The molecule has 0 amide bonds. The summed E-state index contributed by atoms with van der Waals surface area (Å²) in [5.74, 6) is 0. The summed E-state index contributed by atoms with van der Waals surface area (Å²) in [7, 11) is 4.21. The molecule has 1 rings (SSSR count). The summed E-state index contributed by atoms with van der Waals surface area (Å²) >= 11 is 0. The van der Waals surface area contributed by atoms with Gasteiger partial charge in [-0.05, 0) is 58.3 Å². The second kappa shape index (κ2) is 5.69. The number of rotatable bonds is 8. The van der Waals surface area contributed by atoms with Crippen LogP contribution in [0.2, 0.25) is 0 Å². The van der Waals surface area contributed by atoms with Crippen LogP contribution in [0.3, 0.4) is 0 Å². The predicted molar refractivity (Wildman–Crippen MR) is 59.4 cm³/mol. The summed E-state index contributed by atoms with van der Waals surface area (Å²) in [6, 6.07) is 0. The maximum Gasteiger partial charge on any atom is 0.0436 e. The van der Waals surface area contributed by atoms with Crippen LogP contribution in [-0.4, -0.2) is 50.3 Å². The van der Waals surface area contributed by atoms with Gasteiger partial charge in [-0.25, -0.2) is 0 Å². The lowest BCUT2D eigenvalue weighted by molar-refractivity contribution is 0.245. The van der Waals surface area contributed by atoms with Crippen LogP contribution in [0.1, 0.15) is 25.7 Å². The Morgan fingerprint density at radius 3 is 2.57 bits per heavy atom. The topological polar surface area (TPSA) is 35.5 Å². The van der Waals surface area contributed by atoms with E-state index < -0.39 is 0 Å². The fourth-order valence-electron chi connectivity index (χ4n) is 1.80. The van der Waals surface area contributed by atoms with Crippen LogP contribution in [0.5, 0.6) is 0 Å². The number of hydrogen-bond acceptors (Lipinski definition) is 3. The van der Waals surface area contributed by atoms with Gasteiger partial charge in [-0.2, -0.15) is 0 Å². The molecule has 1 fully saturated rings. The highest BCUT2D eigenvalue weighted by molar-refractivity contribution is 4.94. The number of aliphatic hydroxyl groups excluding tert-OH is 1. The van der Waals surface area contributed by atoms with Gasteiger partial charge in [0.1, 0.15) is 0 Å². The third-order valence-corrected chi connectivity index (χ3v) is 3.06. The molecule has 3 heteroatoms. The van der Waals surface area contributed by atoms with Crippen LogP contribution < -0.4 is 5.32 Å². The van der Waals surface area contributed by atoms with Crippen LogP contribution in [-0.2, 0) is 0 Å². The van der Waals surface area contributed by atoms with Crippen molar-refractivity contribution >= 4 is 0 Å². The summed E-state index contributed by atoms with van der Waals surface area (Å²) < 4.78 is 0.